The van der Waals surface area contributed by atoms with Gasteiger partial charge in [0, 0.05) is 7.05 Å². The molecule has 1 aromatic heterocycles. The van der Waals surface area contributed by atoms with E-state index >= 15 is 0 Å². The number of hydrogen-bond donors (Lipinski definition) is 1. The van der Waals surface area contributed by atoms with Crippen LogP contribution in [0.5, 0.6) is 0 Å². The molecule has 3 rings (SSSR count). The van der Waals surface area contributed by atoms with Crippen molar-refractivity contribution in [2.45, 2.75) is 0 Å². The molecule has 0 atom stereocenters. The monoisotopic (exact) mass is 387 g/mol. The number of benzene rings is 2. The summed E-state index contributed by atoms with van der Waals surface area (Å²) in [6.45, 7) is 0. The Morgan fingerprint density at radius 1 is 1.11 bits per heavy atom. The van der Waals surface area contributed by atoms with Crippen molar-refractivity contribution in [1.29, 1.82) is 5.26 Å². The average molecular weight is 387 g/mol. The van der Waals surface area contributed by atoms with E-state index in [1.807, 2.05) is 48.5 Å². The maximum atomic E-state index is 13.0. The summed E-state index contributed by atoms with van der Waals surface area (Å²) in [7, 11) is 1.45. The van der Waals surface area contributed by atoms with Crippen molar-refractivity contribution in [2.75, 3.05) is 7.05 Å². The molecule has 6 heteroatoms. The van der Waals surface area contributed by atoms with Crippen LogP contribution in [0.25, 0.3) is 23.4 Å². The highest BCUT2D eigenvalue weighted by Gasteiger charge is 2.15. The second-order valence-electron chi connectivity index (χ2n) is 5.75. The molecular formula is C22H17N3O2S. The Hall–Kier alpha value is -3.69. The van der Waals surface area contributed by atoms with Gasteiger partial charge < -0.3 is 5.32 Å². The SMILES string of the molecule is CNC(=O)C(C#N)=c1sc(=CC=Cc2ccccc2)c(=O)n1-c1ccccc1. The van der Waals surface area contributed by atoms with Gasteiger partial charge in [-0.3, -0.25) is 14.2 Å². The maximum absolute atomic E-state index is 13.0. The highest BCUT2D eigenvalue weighted by Crippen LogP contribution is 2.04. The number of carbonyl (C=O) groups is 1. The van der Waals surface area contributed by atoms with E-state index in [0.29, 0.717) is 14.9 Å². The van der Waals surface area contributed by atoms with Crippen molar-refractivity contribution in [3.8, 4) is 11.8 Å². The number of thiazole rings is 1. The summed E-state index contributed by atoms with van der Waals surface area (Å²) in [6, 6.07) is 20.6. The lowest BCUT2D eigenvalue weighted by molar-refractivity contribution is -0.115. The second kappa shape index (κ2) is 8.80. The van der Waals surface area contributed by atoms with Crippen molar-refractivity contribution >= 4 is 35.0 Å². The van der Waals surface area contributed by atoms with Gasteiger partial charge in [0.15, 0.2) is 5.57 Å². The number of nitrogens with one attached hydrogen (secondary N) is 1. The molecule has 0 saturated heterocycles. The van der Waals surface area contributed by atoms with Crippen LogP contribution >= 0.6 is 11.3 Å². The first kappa shape index (κ1) is 19.1. The standard InChI is InChI=1S/C22H17N3O2S/c1-24-20(26)18(15-23)22-25(17-12-6-3-7-13-17)21(27)19(28-22)14-8-11-16-9-4-2-5-10-16/h2-14H,1H3,(H,24,26). The molecular weight excluding hydrogens is 370 g/mol. The van der Waals surface area contributed by atoms with Crippen LogP contribution in [-0.4, -0.2) is 17.5 Å². The summed E-state index contributed by atoms with van der Waals surface area (Å²) in [5.41, 5.74) is 1.23. The lowest BCUT2D eigenvalue weighted by atomic mass is 10.2. The van der Waals surface area contributed by atoms with Gasteiger partial charge in [-0.05, 0) is 23.8 Å². The minimum Gasteiger partial charge on any atom is -0.354 e. The summed E-state index contributed by atoms with van der Waals surface area (Å²) >= 11 is 1.12. The molecule has 0 bridgehead atoms. The zero-order chi connectivity index (χ0) is 19.9. The first-order valence-electron chi connectivity index (χ1n) is 8.53. The summed E-state index contributed by atoms with van der Waals surface area (Å²) in [4.78, 5) is 25.2. The van der Waals surface area contributed by atoms with Crippen molar-refractivity contribution in [1.82, 2.24) is 9.88 Å². The largest absolute Gasteiger partial charge is 0.354 e. The predicted molar refractivity (Wildman–Crippen MR) is 112 cm³/mol. The Balaban J connectivity index is 2.25. The first-order valence-corrected chi connectivity index (χ1v) is 9.34. The van der Waals surface area contributed by atoms with Gasteiger partial charge in [0.2, 0.25) is 0 Å². The van der Waals surface area contributed by atoms with Gasteiger partial charge in [-0.25, -0.2) is 0 Å². The summed E-state index contributed by atoms with van der Waals surface area (Å²) in [5.74, 6) is -0.528. The number of rotatable bonds is 4. The summed E-state index contributed by atoms with van der Waals surface area (Å²) < 4.78 is 2.14. The highest BCUT2D eigenvalue weighted by atomic mass is 32.1. The Bertz CT molecular complexity index is 1230. The molecule has 0 spiro atoms. The molecule has 0 radical (unpaired) electrons. The second-order valence-corrected chi connectivity index (χ2v) is 6.78. The average Bonchev–Trinajstić information content (AvgIpc) is 3.06. The lowest BCUT2D eigenvalue weighted by Gasteiger charge is -2.02. The van der Waals surface area contributed by atoms with E-state index in [-0.39, 0.29) is 11.1 Å². The Kier molecular flexibility index (Phi) is 6.00. The predicted octanol–water partition coefficient (Wildman–Crippen LogP) is 1.81. The molecule has 3 aromatic rings. The van der Waals surface area contributed by atoms with Crippen LogP contribution in [0.1, 0.15) is 5.56 Å². The van der Waals surface area contributed by atoms with Crippen LogP contribution in [-0.2, 0) is 4.79 Å². The Labute approximate surface area is 165 Å². The third kappa shape index (κ3) is 4.00. The normalized spacial score (nSPS) is 12.6. The Morgan fingerprint density at radius 3 is 2.36 bits per heavy atom. The smallest absolute Gasteiger partial charge is 0.273 e. The Morgan fingerprint density at radius 2 is 1.75 bits per heavy atom. The lowest BCUT2D eigenvalue weighted by Crippen LogP contribution is -2.32. The molecule has 0 fully saturated rings. The number of para-hydroxylation sites is 1. The fourth-order valence-corrected chi connectivity index (χ4v) is 3.66. The van der Waals surface area contributed by atoms with Gasteiger partial charge in [0.05, 0.1) is 10.2 Å². The molecule has 5 nitrogen and oxygen atoms in total. The first-order chi connectivity index (χ1) is 13.7. The van der Waals surface area contributed by atoms with E-state index in [0.717, 1.165) is 16.9 Å². The van der Waals surface area contributed by atoms with E-state index in [2.05, 4.69) is 5.32 Å². The third-order valence-corrected chi connectivity index (χ3v) is 5.06. The van der Waals surface area contributed by atoms with E-state index in [9.17, 15) is 14.9 Å². The van der Waals surface area contributed by atoms with E-state index in [1.54, 1.807) is 36.4 Å². The van der Waals surface area contributed by atoms with Crippen molar-refractivity contribution in [2.24, 2.45) is 0 Å². The van der Waals surface area contributed by atoms with Gasteiger partial charge in [-0.15, -0.1) is 11.3 Å². The molecule has 1 heterocycles. The van der Waals surface area contributed by atoms with Crippen molar-refractivity contribution in [3.63, 3.8) is 0 Å². The van der Waals surface area contributed by atoms with E-state index in [1.165, 1.54) is 11.6 Å². The summed E-state index contributed by atoms with van der Waals surface area (Å²) in [6.07, 6.45) is 5.37. The van der Waals surface area contributed by atoms with E-state index in [4.69, 9.17) is 0 Å². The molecule has 138 valence electrons. The van der Waals surface area contributed by atoms with Crippen molar-refractivity contribution < 1.29 is 4.79 Å². The van der Waals surface area contributed by atoms with Gasteiger partial charge in [-0.2, -0.15) is 5.26 Å². The number of amides is 1. The van der Waals surface area contributed by atoms with Gasteiger partial charge >= 0.3 is 0 Å². The molecule has 0 saturated carbocycles. The van der Waals surface area contributed by atoms with Gasteiger partial charge in [0.1, 0.15) is 10.7 Å². The fraction of sp³-hybridized carbons (Fsp3) is 0.0455. The van der Waals surface area contributed by atoms with Crippen LogP contribution in [0.3, 0.4) is 0 Å². The number of hydrogen-bond acceptors (Lipinski definition) is 4. The van der Waals surface area contributed by atoms with Crippen LogP contribution in [0.2, 0.25) is 0 Å². The number of nitriles is 1. The van der Waals surface area contributed by atoms with Gasteiger partial charge in [0.25, 0.3) is 11.5 Å². The zero-order valence-corrected chi connectivity index (χ0v) is 15.9. The van der Waals surface area contributed by atoms with Crippen LogP contribution in [0.15, 0.2) is 71.5 Å². The quantitative estimate of drug-likeness (QED) is 0.742. The molecule has 0 unspecified atom stereocenters. The number of nitrogens with zero attached hydrogens (tertiary/aromatic N) is 2. The van der Waals surface area contributed by atoms with Crippen LogP contribution in [0.4, 0.5) is 0 Å². The van der Waals surface area contributed by atoms with Gasteiger partial charge in [-0.1, -0.05) is 60.7 Å². The number of aromatic nitrogens is 1. The maximum Gasteiger partial charge on any atom is 0.273 e. The molecule has 1 amide bonds. The minimum atomic E-state index is -0.528. The molecule has 1 N–H and O–H groups in total. The molecule has 2 aromatic carbocycles. The van der Waals surface area contributed by atoms with Crippen LogP contribution in [0, 0.1) is 11.3 Å². The molecule has 0 aliphatic rings. The topological polar surface area (TPSA) is 74.9 Å². The molecule has 28 heavy (non-hydrogen) atoms. The van der Waals surface area contributed by atoms with E-state index < -0.39 is 5.91 Å². The van der Waals surface area contributed by atoms with Crippen LogP contribution < -0.4 is 20.1 Å². The number of carbonyl (C=O) groups excluding carboxylic acids is 1. The molecule has 0 aliphatic carbocycles. The van der Waals surface area contributed by atoms with Crippen molar-refractivity contribution in [3.05, 3.63) is 91.9 Å². The third-order valence-electron chi connectivity index (χ3n) is 3.95. The highest BCUT2D eigenvalue weighted by molar-refractivity contribution is 7.07. The minimum absolute atomic E-state index is 0.0971. The number of allylic oxidation sites excluding steroid dienone is 1. The fourth-order valence-electron chi connectivity index (χ4n) is 2.61. The summed E-state index contributed by atoms with van der Waals surface area (Å²) in [5, 5.41) is 12.0. The molecule has 0 aliphatic heterocycles. The zero-order valence-electron chi connectivity index (χ0n) is 15.1.